The highest BCUT2D eigenvalue weighted by Crippen LogP contribution is 2.40. The number of carbonyl (C=O) groups is 1. The number of aryl methyl sites for hydroxylation is 1. The second-order valence-electron chi connectivity index (χ2n) is 9.07. The monoisotopic (exact) mass is 582 g/mol. The van der Waals surface area contributed by atoms with Crippen LogP contribution in [0.3, 0.4) is 0 Å². The van der Waals surface area contributed by atoms with Crippen LogP contribution in [0.25, 0.3) is 0 Å². The maximum Gasteiger partial charge on any atom is 0.255 e. The van der Waals surface area contributed by atoms with E-state index < -0.39 is 0 Å². The second-order valence-corrected chi connectivity index (χ2v) is 11.0. The normalized spacial score (nSPS) is 12.9. The Morgan fingerprint density at radius 1 is 1.10 bits per heavy atom. The van der Waals surface area contributed by atoms with E-state index in [9.17, 15) is 4.79 Å². The number of thiophene rings is 1. The Hall–Kier alpha value is -3.26. The Balaban J connectivity index is 1.36. The number of furan rings is 1. The Bertz CT molecular complexity index is 1480. The number of amides is 1. The molecular formula is C30H28Cl2N2O4S. The van der Waals surface area contributed by atoms with Crippen molar-refractivity contribution in [3.63, 3.8) is 0 Å². The van der Waals surface area contributed by atoms with Crippen LogP contribution < -0.4 is 14.8 Å². The molecule has 0 spiro atoms. The van der Waals surface area contributed by atoms with E-state index in [1.165, 1.54) is 4.88 Å². The molecule has 39 heavy (non-hydrogen) atoms. The van der Waals surface area contributed by atoms with Crippen molar-refractivity contribution in [2.24, 2.45) is 4.99 Å². The number of halogens is 2. The maximum absolute atomic E-state index is 13.2. The first-order valence-corrected chi connectivity index (χ1v) is 14.4. The fourth-order valence-corrected chi connectivity index (χ4v) is 6.16. The number of aliphatic imine (C=N–C) groups is 1. The number of carbonyl (C=O) groups excluding carboxylic acids is 1. The zero-order valence-corrected chi connectivity index (χ0v) is 23.8. The minimum absolute atomic E-state index is 0.127. The molecule has 4 aromatic rings. The van der Waals surface area contributed by atoms with Gasteiger partial charge in [0.25, 0.3) is 5.91 Å². The number of nitrogens with one attached hydrogen (secondary N) is 1. The quantitative estimate of drug-likeness (QED) is 0.191. The van der Waals surface area contributed by atoms with Crippen LogP contribution in [-0.4, -0.2) is 18.7 Å². The van der Waals surface area contributed by atoms with Gasteiger partial charge in [0.2, 0.25) is 0 Å². The largest absolute Gasteiger partial charge is 0.490 e. The van der Waals surface area contributed by atoms with Gasteiger partial charge in [-0.2, -0.15) is 0 Å². The first-order chi connectivity index (χ1) is 19.0. The molecule has 0 radical (unpaired) electrons. The van der Waals surface area contributed by atoms with Crippen LogP contribution >= 0.6 is 34.5 Å². The van der Waals surface area contributed by atoms with Gasteiger partial charge in [0.1, 0.15) is 17.4 Å². The lowest BCUT2D eigenvalue weighted by Crippen LogP contribution is -2.23. The smallest absolute Gasteiger partial charge is 0.255 e. The number of benzene rings is 2. The molecule has 0 aliphatic heterocycles. The van der Waals surface area contributed by atoms with Crippen molar-refractivity contribution in [3.8, 4) is 11.5 Å². The highest BCUT2D eigenvalue weighted by molar-refractivity contribution is 7.16. The zero-order valence-electron chi connectivity index (χ0n) is 21.5. The molecule has 1 N–H and O–H groups in total. The van der Waals surface area contributed by atoms with Gasteiger partial charge in [-0.15, -0.1) is 11.3 Å². The van der Waals surface area contributed by atoms with Crippen molar-refractivity contribution >= 4 is 51.7 Å². The Morgan fingerprint density at radius 2 is 1.97 bits per heavy atom. The predicted octanol–water partition coefficient (Wildman–Crippen LogP) is 8.19. The molecule has 2 heterocycles. The third-order valence-electron chi connectivity index (χ3n) is 6.38. The van der Waals surface area contributed by atoms with E-state index in [0.717, 1.165) is 47.4 Å². The third-order valence-corrected chi connectivity index (χ3v) is 8.17. The molecule has 1 aliphatic rings. The number of rotatable bonds is 10. The number of ether oxygens (including phenoxy) is 2. The molecule has 0 atom stereocenters. The molecular weight excluding hydrogens is 555 g/mol. The van der Waals surface area contributed by atoms with Crippen LogP contribution in [0.2, 0.25) is 10.0 Å². The molecule has 2 aromatic heterocycles. The number of nitrogens with zero attached hydrogens (tertiary/aromatic N) is 1. The second kappa shape index (κ2) is 12.7. The third kappa shape index (κ3) is 6.67. The van der Waals surface area contributed by atoms with Gasteiger partial charge >= 0.3 is 0 Å². The summed E-state index contributed by atoms with van der Waals surface area (Å²) in [6, 6.07) is 14.6. The average molecular weight is 584 g/mol. The summed E-state index contributed by atoms with van der Waals surface area (Å²) in [4.78, 5) is 19.3. The lowest BCUT2D eigenvalue weighted by Gasteiger charge is -2.13. The van der Waals surface area contributed by atoms with Gasteiger partial charge in [-0.1, -0.05) is 29.3 Å². The summed E-state index contributed by atoms with van der Waals surface area (Å²) in [5, 5.41) is 4.83. The lowest BCUT2D eigenvalue weighted by molar-refractivity contribution is 0.0948. The van der Waals surface area contributed by atoms with Crippen molar-refractivity contribution in [3.05, 3.63) is 97.7 Å². The average Bonchev–Trinajstić information content (AvgIpc) is 3.59. The summed E-state index contributed by atoms with van der Waals surface area (Å²) in [5.74, 6) is 1.79. The molecule has 0 unspecified atom stereocenters. The van der Waals surface area contributed by atoms with Crippen molar-refractivity contribution < 1.29 is 18.7 Å². The van der Waals surface area contributed by atoms with E-state index in [1.807, 2.05) is 43.3 Å². The van der Waals surface area contributed by atoms with Crippen molar-refractivity contribution in [2.75, 3.05) is 6.61 Å². The molecule has 1 aliphatic carbocycles. The molecule has 0 saturated carbocycles. The molecule has 9 heteroatoms. The Morgan fingerprint density at radius 3 is 2.77 bits per heavy atom. The number of fused-ring (bicyclic) bond motifs is 1. The highest BCUT2D eigenvalue weighted by Gasteiger charge is 2.25. The lowest BCUT2D eigenvalue weighted by atomic mass is 9.95. The maximum atomic E-state index is 13.2. The summed E-state index contributed by atoms with van der Waals surface area (Å²) in [7, 11) is 0. The molecule has 0 bridgehead atoms. The topological polar surface area (TPSA) is 73.1 Å². The molecule has 5 rings (SSSR count). The fraction of sp³-hybridized carbons (Fsp3) is 0.267. The molecule has 202 valence electrons. The molecule has 0 saturated heterocycles. The van der Waals surface area contributed by atoms with Gasteiger partial charge in [0.15, 0.2) is 11.5 Å². The van der Waals surface area contributed by atoms with E-state index >= 15 is 0 Å². The van der Waals surface area contributed by atoms with E-state index in [2.05, 4.69) is 5.32 Å². The van der Waals surface area contributed by atoms with E-state index in [-0.39, 0.29) is 12.5 Å². The summed E-state index contributed by atoms with van der Waals surface area (Å²) in [5.41, 5.74) is 3.45. The molecule has 0 fully saturated rings. The van der Waals surface area contributed by atoms with Gasteiger partial charge in [-0.3, -0.25) is 4.79 Å². The minimum atomic E-state index is -0.127. The van der Waals surface area contributed by atoms with Gasteiger partial charge in [-0.05, 0) is 86.2 Å². The fourth-order valence-electron chi connectivity index (χ4n) is 4.47. The summed E-state index contributed by atoms with van der Waals surface area (Å²) in [6.07, 6.45) is 7.44. The van der Waals surface area contributed by atoms with Crippen LogP contribution in [0, 0.1) is 0 Å². The van der Waals surface area contributed by atoms with Crippen LogP contribution in [0.5, 0.6) is 11.5 Å². The highest BCUT2D eigenvalue weighted by atomic mass is 35.5. The predicted molar refractivity (Wildman–Crippen MR) is 156 cm³/mol. The minimum Gasteiger partial charge on any atom is -0.490 e. The number of hydrogen-bond donors (Lipinski definition) is 1. The van der Waals surface area contributed by atoms with Crippen molar-refractivity contribution in [1.82, 2.24) is 5.32 Å². The molecule has 6 nitrogen and oxygen atoms in total. The van der Waals surface area contributed by atoms with Gasteiger partial charge < -0.3 is 19.2 Å². The summed E-state index contributed by atoms with van der Waals surface area (Å²) in [6.45, 7) is 3.02. The van der Waals surface area contributed by atoms with Crippen LogP contribution in [-0.2, 0) is 26.0 Å². The van der Waals surface area contributed by atoms with Crippen LogP contribution in [0.1, 0.15) is 57.5 Å². The zero-order chi connectivity index (χ0) is 27.2. The first kappa shape index (κ1) is 27.3. The summed E-state index contributed by atoms with van der Waals surface area (Å²) >= 11 is 13.9. The van der Waals surface area contributed by atoms with Gasteiger partial charge in [0, 0.05) is 26.7 Å². The summed E-state index contributed by atoms with van der Waals surface area (Å²) < 4.78 is 17.2. The van der Waals surface area contributed by atoms with Crippen molar-refractivity contribution in [1.29, 1.82) is 0 Å². The Kier molecular flexibility index (Phi) is 8.91. The van der Waals surface area contributed by atoms with E-state index in [4.69, 9.17) is 42.1 Å². The van der Waals surface area contributed by atoms with Crippen LogP contribution in [0.15, 0.2) is 64.2 Å². The number of hydrogen-bond acceptors (Lipinski definition) is 6. The molecule has 1 amide bonds. The first-order valence-electron chi connectivity index (χ1n) is 12.8. The van der Waals surface area contributed by atoms with Crippen LogP contribution in [0.4, 0.5) is 5.00 Å². The Labute approximate surface area is 241 Å². The van der Waals surface area contributed by atoms with E-state index in [1.54, 1.807) is 35.9 Å². The van der Waals surface area contributed by atoms with Crippen molar-refractivity contribution in [2.45, 2.75) is 45.8 Å². The molecule has 2 aromatic carbocycles. The standard InChI is InChI=1S/C30H28Cl2N2O4S/c1-2-36-26-14-19(9-12-25(26)38-18-20-10-11-21(31)15-24(20)32)16-34-30-28(23-7-3-4-8-27(23)39-30)29(35)33-17-22-6-5-13-37-22/h5-6,9-16H,2-4,7-8,17-18H2,1H3,(H,33,35). The van der Waals surface area contributed by atoms with Gasteiger partial charge in [0.05, 0.1) is 25.0 Å². The SMILES string of the molecule is CCOc1cc(C=Nc2sc3c(c2C(=O)NCc2ccco2)CCCC3)ccc1OCc1ccc(Cl)cc1Cl. The van der Waals surface area contributed by atoms with E-state index in [0.29, 0.717) is 46.0 Å². The van der Waals surface area contributed by atoms with Gasteiger partial charge in [-0.25, -0.2) is 4.99 Å².